The highest BCUT2D eigenvalue weighted by Gasteiger charge is 2.19. The van der Waals surface area contributed by atoms with Gasteiger partial charge in [-0.2, -0.15) is 0 Å². The number of nitrogens with one attached hydrogen (secondary N) is 1. The van der Waals surface area contributed by atoms with Crippen molar-refractivity contribution in [1.29, 1.82) is 0 Å². The molecule has 27 heavy (non-hydrogen) atoms. The van der Waals surface area contributed by atoms with Crippen LogP contribution in [-0.4, -0.2) is 44.4 Å². The molecule has 144 valence electrons. The van der Waals surface area contributed by atoms with E-state index in [0.29, 0.717) is 30.0 Å². The number of hydrogen-bond acceptors (Lipinski definition) is 6. The zero-order chi connectivity index (χ0) is 19.6. The van der Waals surface area contributed by atoms with E-state index in [-0.39, 0.29) is 0 Å². The molecule has 0 unspecified atom stereocenters. The molecule has 0 aliphatic carbocycles. The highest BCUT2D eigenvalue weighted by Crippen LogP contribution is 2.27. The maximum absolute atomic E-state index is 11.8. The number of carbonyl (C=O) groups is 2. The van der Waals surface area contributed by atoms with E-state index in [4.69, 9.17) is 14.2 Å². The second-order valence-electron chi connectivity index (χ2n) is 5.71. The summed E-state index contributed by atoms with van der Waals surface area (Å²) >= 11 is 0. The number of esters is 1. The molecule has 0 spiro atoms. The molecule has 2 aromatic carbocycles. The first kappa shape index (κ1) is 20.3. The van der Waals surface area contributed by atoms with E-state index in [0.717, 1.165) is 5.56 Å². The van der Waals surface area contributed by atoms with Crippen LogP contribution in [0, 0.1) is 0 Å². The van der Waals surface area contributed by atoms with Gasteiger partial charge in [0.1, 0.15) is 0 Å². The molecular weight excluding hydrogens is 350 g/mol. The smallest absolute Gasteiger partial charge is 0.340 e. The van der Waals surface area contributed by atoms with Crippen molar-refractivity contribution in [1.82, 2.24) is 5.32 Å². The summed E-state index contributed by atoms with van der Waals surface area (Å²) in [5, 5.41) is 12.6. The fourth-order valence-corrected chi connectivity index (χ4v) is 2.42. The Morgan fingerprint density at radius 1 is 1.04 bits per heavy atom. The van der Waals surface area contributed by atoms with Gasteiger partial charge in [-0.05, 0) is 29.7 Å². The quantitative estimate of drug-likeness (QED) is 0.649. The number of benzene rings is 2. The van der Waals surface area contributed by atoms with Crippen molar-refractivity contribution in [3.8, 4) is 11.5 Å². The second-order valence-corrected chi connectivity index (χ2v) is 5.71. The highest BCUT2D eigenvalue weighted by atomic mass is 16.5. The lowest BCUT2D eigenvalue weighted by Gasteiger charge is -2.12. The van der Waals surface area contributed by atoms with Crippen molar-refractivity contribution < 1.29 is 28.9 Å². The monoisotopic (exact) mass is 373 g/mol. The average molecular weight is 373 g/mol. The molecule has 2 N–H and O–H groups in total. The number of ether oxygens (including phenoxy) is 3. The maximum atomic E-state index is 11.8. The Bertz CT molecular complexity index is 762. The minimum Gasteiger partial charge on any atom is -0.493 e. The largest absolute Gasteiger partial charge is 0.493 e. The normalized spacial score (nSPS) is 11.4. The van der Waals surface area contributed by atoms with E-state index >= 15 is 0 Å². The van der Waals surface area contributed by atoms with Crippen molar-refractivity contribution in [3.05, 3.63) is 59.7 Å². The predicted octanol–water partition coefficient (Wildman–Crippen LogP) is 1.64. The number of aliphatic hydroxyl groups is 1. The van der Waals surface area contributed by atoms with Gasteiger partial charge in [0, 0.05) is 6.54 Å². The Labute approximate surface area is 157 Å². The zero-order valence-electron chi connectivity index (χ0n) is 15.3. The Hall–Kier alpha value is -3.06. The minimum atomic E-state index is -1.41. The van der Waals surface area contributed by atoms with Gasteiger partial charge in [-0.25, -0.2) is 4.79 Å². The van der Waals surface area contributed by atoms with Crippen LogP contribution < -0.4 is 14.8 Å². The number of methoxy groups -OCH3 is 2. The molecule has 0 bridgehead atoms. The van der Waals surface area contributed by atoms with Crippen LogP contribution >= 0.6 is 0 Å². The second kappa shape index (κ2) is 10.2. The lowest BCUT2D eigenvalue weighted by atomic mass is 10.1. The molecule has 0 saturated carbocycles. The summed E-state index contributed by atoms with van der Waals surface area (Å²) < 4.78 is 15.3. The minimum absolute atomic E-state index is 0.368. The SMILES string of the molecule is COc1ccc(CCNC(=O)COC(=O)[C@H](O)c2ccccc2)cc1OC. The van der Waals surface area contributed by atoms with Crippen LogP contribution in [0.1, 0.15) is 17.2 Å². The molecule has 7 nitrogen and oxygen atoms in total. The number of carbonyl (C=O) groups excluding carboxylic acids is 2. The van der Waals surface area contributed by atoms with E-state index in [2.05, 4.69) is 5.32 Å². The Morgan fingerprint density at radius 3 is 2.41 bits per heavy atom. The predicted molar refractivity (Wildman–Crippen MR) is 98.6 cm³/mol. The van der Waals surface area contributed by atoms with E-state index in [1.807, 2.05) is 12.1 Å². The summed E-state index contributed by atoms with van der Waals surface area (Å²) in [6.45, 7) is -0.0816. The van der Waals surface area contributed by atoms with Crippen LogP contribution in [0.25, 0.3) is 0 Å². The van der Waals surface area contributed by atoms with Crippen molar-refractivity contribution in [2.75, 3.05) is 27.4 Å². The number of rotatable bonds is 9. The molecule has 2 aromatic rings. The molecule has 7 heteroatoms. The highest BCUT2D eigenvalue weighted by molar-refractivity contribution is 5.82. The standard InChI is InChI=1S/C20H23NO6/c1-25-16-9-8-14(12-17(16)26-2)10-11-21-18(22)13-27-20(24)19(23)15-6-4-3-5-7-15/h3-9,12,19,23H,10-11,13H2,1-2H3,(H,21,22)/t19-/m1/s1. The van der Waals surface area contributed by atoms with Gasteiger partial charge in [-0.1, -0.05) is 36.4 Å². The Morgan fingerprint density at radius 2 is 1.74 bits per heavy atom. The molecule has 0 saturated heterocycles. The van der Waals surface area contributed by atoms with E-state index < -0.39 is 24.6 Å². The molecule has 0 heterocycles. The van der Waals surface area contributed by atoms with Gasteiger partial charge >= 0.3 is 5.97 Å². The lowest BCUT2D eigenvalue weighted by Crippen LogP contribution is -2.31. The van der Waals surface area contributed by atoms with Gasteiger partial charge in [-0.15, -0.1) is 0 Å². The average Bonchev–Trinajstić information content (AvgIpc) is 2.71. The molecule has 2 rings (SSSR count). The topological polar surface area (TPSA) is 94.1 Å². The summed E-state index contributed by atoms with van der Waals surface area (Å²) in [5.41, 5.74) is 1.38. The summed E-state index contributed by atoms with van der Waals surface area (Å²) in [5.74, 6) is -0.0559. The third-order valence-corrected chi connectivity index (χ3v) is 3.87. The van der Waals surface area contributed by atoms with E-state index in [1.54, 1.807) is 50.6 Å². The first-order valence-corrected chi connectivity index (χ1v) is 8.42. The molecular formula is C20H23NO6. The van der Waals surface area contributed by atoms with E-state index in [1.165, 1.54) is 0 Å². The van der Waals surface area contributed by atoms with Crippen molar-refractivity contribution in [2.45, 2.75) is 12.5 Å². The lowest BCUT2D eigenvalue weighted by molar-refractivity contribution is -0.157. The third kappa shape index (κ3) is 6.00. The van der Waals surface area contributed by atoms with Crippen LogP contribution in [0.3, 0.4) is 0 Å². The number of aliphatic hydroxyl groups excluding tert-OH is 1. The van der Waals surface area contributed by atoms with Gasteiger partial charge in [0.25, 0.3) is 5.91 Å². The Balaban J connectivity index is 1.74. The number of hydrogen-bond donors (Lipinski definition) is 2. The molecule has 0 aromatic heterocycles. The summed E-state index contributed by atoms with van der Waals surface area (Å²) in [7, 11) is 3.12. The summed E-state index contributed by atoms with van der Waals surface area (Å²) in [4.78, 5) is 23.6. The molecule has 0 aliphatic heterocycles. The maximum Gasteiger partial charge on any atom is 0.340 e. The van der Waals surface area contributed by atoms with Crippen LogP contribution in [0.4, 0.5) is 0 Å². The van der Waals surface area contributed by atoms with E-state index in [9.17, 15) is 14.7 Å². The number of amides is 1. The van der Waals surface area contributed by atoms with Crippen LogP contribution in [0.2, 0.25) is 0 Å². The fraction of sp³-hybridized carbons (Fsp3) is 0.300. The first-order valence-electron chi connectivity index (χ1n) is 8.42. The van der Waals surface area contributed by atoms with Gasteiger partial charge in [0.2, 0.25) is 0 Å². The van der Waals surface area contributed by atoms with Gasteiger partial charge in [0.05, 0.1) is 14.2 Å². The summed E-state index contributed by atoms with van der Waals surface area (Å²) in [6.07, 6.45) is -0.835. The van der Waals surface area contributed by atoms with Crippen LogP contribution in [0.5, 0.6) is 11.5 Å². The fourth-order valence-electron chi connectivity index (χ4n) is 2.42. The van der Waals surface area contributed by atoms with Crippen molar-refractivity contribution >= 4 is 11.9 Å². The summed E-state index contributed by atoms with van der Waals surface area (Å²) in [6, 6.07) is 13.9. The van der Waals surface area contributed by atoms with Gasteiger partial charge in [-0.3, -0.25) is 4.79 Å². The first-order chi connectivity index (χ1) is 13.0. The molecule has 1 amide bonds. The molecule has 1 atom stereocenters. The zero-order valence-corrected chi connectivity index (χ0v) is 15.3. The van der Waals surface area contributed by atoms with Gasteiger partial charge in [0.15, 0.2) is 24.2 Å². The van der Waals surface area contributed by atoms with Gasteiger partial charge < -0.3 is 24.6 Å². The Kier molecular flexibility index (Phi) is 7.63. The van der Waals surface area contributed by atoms with Crippen LogP contribution in [0.15, 0.2) is 48.5 Å². The molecule has 0 aliphatic rings. The molecule has 0 radical (unpaired) electrons. The molecule has 0 fully saturated rings. The van der Waals surface area contributed by atoms with Crippen molar-refractivity contribution in [3.63, 3.8) is 0 Å². The van der Waals surface area contributed by atoms with Crippen molar-refractivity contribution in [2.24, 2.45) is 0 Å². The van der Waals surface area contributed by atoms with Crippen LogP contribution in [-0.2, 0) is 20.7 Å². The third-order valence-electron chi connectivity index (χ3n) is 3.87.